The average molecular weight is 285 g/mol. The van der Waals surface area contributed by atoms with Gasteiger partial charge in [-0.15, -0.1) is 0 Å². The van der Waals surface area contributed by atoms with Crippen molar-refractivity contribution >= 4 is 30.8 Å². The standard InChI is InChI=1S/C11H17ClN4OSi/c1-18(2,3)5-4-17-8-16-7-15-11-9(16)10(12)13-6-14-11/h6-7H,4-5,8H2,1-3H3. The molecular weight excluding hydrogens is 268 g/mol. The Morgan fingerprint density at radius 3 is 2.78 bits per heavy atom. The van der Waals surface area contributed by atoms with E-state index in [4.69, 9.17) is 16.3 Å². The normalized spacial score (nSPS) is 12.2. The summed E-state index contributed by atoms with van der Waals surface area (Å²) in [6, 6.07) is 1.14. The summed E-state index contributed by atoms with van der Waals surface area (Å²) >= 11 is 6.03. The van der Waals surface area contributed by atoms with Crippen LogP contribution in [0.2, 0.25) is 30.8 Å². The largest absolute Gasteiger partial charge is 0.361 e. The van der Waals surface area contributed by atoms with E-state index < -0.39 is 8.07 Å². The smallest absolute Gasteiger partial charge is 0.182 e. The summed E-state index contributed by atoms with van der Waals surface area (Å²) in [4.78, 5) is 12.2. The van der Waals surface area contributed by atoms with Gasteiger partial charge in [0, 0.05) is 14.7 Å². The van der Waals surface area contributed by atoms with Crippen molar-refractivity contribution in [2.75, 3.05) is 6.61 Å². The van der Waals surface area contributed by atoms with Gasteiger partial charge in [-0.1, -0.05) is 31.2 Å². The fourth-order valence-corrected chi connectivity index (χ4v) is 2.50. The number of nitrogens with zero attached hydrogens (tertiary/aromatic N) is 4. The van der Waals surface area contributed by atoms with Crippen LogP contribution in [0.4, 0.5) is 0 Å². The molecule has 2 heterocycles. The van der Waals surface area contributed by atoms with Crippen molar-refractivity contribution in [2.24, 2.45) is 0 Å². The third-order valence-corrected chi connectivity index (χ3v) is 4.57. The van der Waals surface area contributed by atoms with Crippen LogP contribution in [0.15, 0.2) is 12.7 Å². The Hall–Kier alpha value is -0.983. The lowest BCUT2D eigenvalue weighted by Gasteiger charge is -2.15. The number of hydrogen-bond donors (Lipinski definition) is 0. The van der Waals surface area contributed by atoms with E-state index in [0.717, 1.165) is 18.2 Å². The van der Waals surface area contributed by atoms with E-state index in [1.165, 1.54) is 6.33 Å². The fraction of sp³-hybridized carbons (Fsp3) is 0.545. The van der Waals surface area contributed by atoms with Crippen molar-refractivity contribution in [3.8, 4) is 0 Å². The topological polar surface area (TPSA) is 52.8 Å². The Morgan fingerprint density at radius 2 is 2.06 bits per heavy atom. The molecule has 0 aliphatic carbocycles. The van der Waals surface area contributed by atoms with Crippen LogP contribution in [0.1, 0.15) is 0 Å². The van der Waals surface area contributed by atoms with Crippen molar-refractivity contribution in [3.63, 3.8) is 0 Å². The molecule has 0 aliphatic heterocycles. The Kier molecular flexibility index (Phi) is 3.99. The number of rotatable bonds is 5. The van der Waals surface area contributed by atoms with Crippen molar-refractivity contribution in [2.45, 2.75) is 32.4 Å². The van der Waals surface area contributed by atoms with Gasteiger partial charge < -0.3 is 9.30 Å². The first-order valence-electron chi connectivity index (χ1n) is 5.86. The lowest BCUT2D eigenvalue weighted by molar-refractivity contribution is 0.0898. The fourth-order valence-electron chi connectivity index (χ4n) is 1.51. The number of fused-ring (bicyclic) bond motifs is 1. The first-order valence-corrected chi connectivity index (χ1v) is 9.95. The maximum atomic E-state index is 6.03. The molecular formula is C11H17ClN4OSi. The van der Waals surface area contributed by atoms with Crippen LogP contribution in [0, 0.1) is 0 Å². The lowest BCUT2D eigenvalue weighted by atomic mass is 10.5. The van der Waals surface area contributed by atoms with Crippen LogP contribution in [-0.4, -0.2) is 34.2 Å². The van der Waals surface area contributed by atoms with E-state index in [1.807, 2.05) is 4.57 Å². The monoisotopic (exact) mass is 284 g/mol. The maximum Gasteiger partial charge on any atom is 0.182 e. The second-order valence-corrected chi connectivity index (χ2v) is 11.4. The summed E-state index contributed by atoms with van der Waals surface area (Å²) in [6.45, 7) is 8.18. The van der Waals surface area contributed by atoms with Gasteiger partial charge in [-0.25, -0.2) is 15.0 Å². The van der Waals surface area contributed by atoms with Crippen LogP contribution < -0.4 is 0 Å². The van der Waals surface area contributed by atoms with Crippen LogP contribution in [0.3, 0.4) is 0 Å². The highest BCUT2D eigenvalue weighted by molar-refractivity contribution is 6.76. The summed E-state index contributed by atoms with van der Waals surface area (Å²) in [5, 5.41) is 0.409. The lowest BCUT2D eigenvalue weighted by Crippen LogP contribution is -2.22. The summed E-state index contributed by atoms with van der Waals surface area (Å²) in [5.74, 6) is 0. The van der Waals surface area contributed by atoms with Crippen LogP contribution >= 0.6 is 11.6 Å². The molecule has 2 aromatic heterocycles. The highest BCUT2D eigenvalue weighted by Crippen LogP contribution is 2.18. The molecule has 7 heteroatoms. The molecule has 0 atom stereocenters. The minimum absolute atomic E-state index is 0.409. The number of ether oxygens (including phenoxy) is 1. The Balaban J connectivity index is 2.00. The minimum Gasteiger partial charge on any atom is -0.361 e. The SMILES string of the molecule is C[Si](C)(C)CCOCn1cnc2ncnc(Cl)c21. The number of halogens is 1. The first-order chi connectivity index (χ1) is 8.47. The molecule has 2 rings (SSSR count). The zero-order chi connectivity index (χ0) is 13.2. The summed E-state index contributed by atoms with van der Waals surface area (Å²) in [5.41, 5.74) is 1.33. The maximum absolute atomic E-state index is 6.03. The number of hydrogen-bond acceptors (Lipinski definition) is 4. The van der Waals surface area contributed by atoms with Gasteiger partial charge in [0.25, 0.3) is 0 Å². The van der Waals surface area contributed by atoms with Crippen molar-refractivity contribution < 1.29 is 4.74 Å². The molecule has 0 fully saturated rings. The number of aromatic nitrogens is 4. The van der Waals surface area contributed by atoms with Crippen molar-refractivity contribution in [1.29, 1.82) is 0 Å². The molecule has 2 aromatic rings. The van der Waals surface area contributed by atoms with E-state index in [-0.39, 0.29) is 0 Å². The predicted molar refractivity (Wildman–Crippen MR) is 74.4 cm³/mol. The molecule has 0 N–H and O–H groups in total. The second-order valence-electron chi connectivity index (χ2n) is 5.40. The van der Waals surface area contributed by atoms with E-state index in [2.05, 4.69) is 34.6 Å². The quantitative estimate of drug-likeness (QED) is 0.481. The Labute approximate surface area is 112 Å². The van der Waals surface area contributed by atoms with Crippen molar-refractivity contribution in [1.82, 2.24) is 19.5 Å². The summed E-state index contributed by atoms with van der Waals surface area (Å²) < 4.78 is 7.50. The molecule has 0 saturated heterocycles. The summed E-state index contributed by atoms with van der Waals surface area (Å²) in [7, 11) is -1.04. The van der Waals surface area contributed by atoms with E-state index in [9.17, 15) is 0 Å². The molecule has 0 amide bonds. The molecule has 5 nitrogen and oxygen atoms in total. The van der Waals surface area contributed by atoms with E-state index >= 15 is 0 Å². The van der Waals surface area contributed by atoms with Gasteiger partial charge in [0.2, 0.25) is 0 Å². The molecule has 0 aliphatic rings. The number of imidazole rings is 1. The van der Waals surface area contributed by atoms with Gasteiger partial charge in [0.05, 0.1) is 6.33 Å². The molecule has 0 radical (unpaired) electrons. The van der Waals surface area contributed by atoms with Crippen LogP contribution in [0.5, 0.6) is 0 Å². The highest BCUT2D eigenvalue weighted by atomic mass is 35.5. The van der Waals surface area contributed by atoms with E-state index in [0.29, 0.717) is 17.5 Å². The van der Waals surface area contributed by atoms with Gasteiger partial charge in [-0.3, -0.25) is 0 Å². The van der Waals surface area contributed by atoms with Gasteiger partial charge >= 0.3 is 0 Å². The molecule has 18 heavy (non-hydrogen) atoms. The zero-order valence-electron chi connectivity index (χ0n) is 10.9. The van der Waals surface area contributed by atoms with Crippen LogP contribution in [-0.2, 0) is 11.5 Å². The third kappa shape index (κ3) is 3.27. The zero-order valence-corrected chi connectivity index (χ0v) is 12.6. The average Bonchev–Trinajstić information content (AvgIpc) is 2.68. The molecule has 98 valence electrons. The Bertz CT molecular complexity index is 537. The van der Waals surface area contributed by atoms with Gasteiger partial charge in [0.1, 0.15) is 18.6 Å². The molecule has 0 spiro atoms. The van der Waals surface area contributed by atoms with Crippen LogP contribution in [0.25, 0.3) is 11.2 Å². The third-order valence-electron chi connectivity index (χ3n) is 2.59. The minimum atomic E-state index is -1.04. The summed E-state index contributed by atoms with van der Waals surface area (Å²) in [6.07, 6.45) is 3.09. The highest BCUT2D eigenvalue weighted by Gasteiger charge is 2.13. The Morgan fingerprint density at radius 1 is 1.28 bits per heavy atom. The van der Waals surface area contributed by atoms with Gasteiger partial charge in [-0.05, 0) is 6.04 Å². The van der Waals surface area contributed by atoms with Gasteiger partial charge in [-0.2, -0.15) is 0 Å². The molecule has 0 aromatic carbocycles. The molecule has 0 saturated carbocycles. The second kappa shape index (κ2) is 5.34. The predicted octanol–water partition coefficient (Wildman–Crippen LogP) is 2.79. The van der Waals surface area contributed by atoms with Crippen molar-refractivity contribution in [3.05, 3.63) is 17.8 Å². The molecule has 0 bridgehead atoms. The van der Waals surface area contributed by atoms with Gasteiger partial charge in [0.15, 0.2) is 10.8 Å². The van der Waals surface area contributed by atoms with E-state index in [1.54, 1.807) is 6.33 Å². The molecule has 0 unspecified atom stereocenters. The first kappa shape index (κ1) is 13.4.